The SMILES string of the molecule is Cl.Cl.O=C(NC1CCNCC1)c1cc(-c2ccc(Cl)s2)nc2ccccc12. The van der Waals surface area contributed by atoms with E-state index in [9.17, 15) is 4.79 Å². The number of pyridine rings is 1. The van der Waals surface area contributed by atoms with Gasteiger partial charge in [0.25, 0.3) is 5.91 Å². The standard InChI is InChI=1S/C19H18ClN3OS.2ClH/c20-18-6-5-17(25-18)16-11-14(13-3-1-2-4-15(13)23-16)19(24)22-12-7-9-21-10-8-12;;/h1-6,11-12,21H,7-10H2,(H,22,24);2*1H. The molecule has 0 saturated carbocycles. The van der Waals surface area contributed by atoms with Crippen molar-refractivity contribution < 1.29 is 4.79 Å². The molecule has 1 saturated heterocycles. The fraction of sp³-hybridized carbons (Fsp3) is 0.263. The second-order valence-electron chi connectivity index (χ2n) is 6.17. The van der Waals surface area contributed by atoms with Gasteiger partial charge < -0.3 is 10.6 Å². The van der Waals surface area contributed by atoms with Crippen LogP contribution < -0.4 is 10.6 Å². The molecule has 1 aliphatic heterocycles. The Bertz CT molecular complexity index is 925. The first-order valence-corrected chi connectivity index (χ1v) is 9.57. The van der Waals surface area contributed by atoms with Gasteiger partial charge in [-0.15, -0.1) is 36.2 Å². The van der Waals surface area contributed by atoms with Crippen LogP contribution in [0.4, 0.5) is 0 Å². The lowest BCUT2D eigenvalue weighted by molar-refractivity contribution is 0.0931. The predicted molar refractivity (Wildman–Crippen MR) is 118 cm³/mol. The number of rotatable bonds is 3. The molecule has 0 atom stereocenters. The van der Waals surface area contributed by atoms with Crippen molar-refractivity contribution >= 4 is 64.6 Å². The summed E-state index contributed by atoms with van der Waals surface area (Å²) in [6.45, 7) is 1.89. The van der Waals surface area contributed by atoms with Gasteiger partial charge in [0.2, 0.25) is 0 Å². The summed E-state index contributed by atoms with van der Waals surface area (Å²) in [5.41, 5.74) is 2.27. The van der Waals surface area contributed by atoms with Gasteiger partial charge in [0.05, 0.1) is 26.0 Å². The molecule has 3 aromatic rings. The molecule has 1 aromatic carbocycles. The summed E-state index contributed by atoms with van der Waals surface area (Å²) >= 11 is 7.53. The van der Waals surface area contributed by atoms with Gasteiger partial charge in [-0.25, -0.2) is 4.98 Å². The van der Waals surface area contributed by atoms with Gasteiger partial charge >= 0.3 is 0 Å². The number of benzene rings is 1. The zero-order valence-corrected chi connectivity index (χ0v) is 17.6. The average molecular weight is 445 g/mol. The summed E-state index contributed by atoms with van der Waals surface area (Å²) in [5, 5.41) is 7.37. The zero-order chi connectivity index (χ0) is 17.2. The highest BCUT2D eigenvalue weighted by atomic mass is 35.5. The first-order chi connectivity index (χ1) is 12.2. The van der Waals surface area contributed by atoms with Crippen molar-refractivity contribution in [1.29, 1.82) is 0 Å². The average Bonchev–Trinajstić information content (AvgIpc) is 3.08. The lowest BCUT2D eigenvalue weighted by atomic mass is 10.0. The third-order valence-electron chi connectivity index (χ3n) is 4.46. The predicted octanol–water partition coefficient (Wildman–Crippen LogP) is 4.94. The Morgan fingerprint density at radius 3 is 2.59 bits per heavy atom. The van der Waals surface area contributed by atoms with E-state index in [1.54, 1.807) is 0 Å². The lowest BCUT2D eigenvalue weighted by Gasteiger charge is -2.24. The zero-order valence-electron chi connectivity index (χ0n) is 14.4. The fourth-order valence-electron chi connectivity index (χ4n) is 3.17. The highest BCUT2D eigenvalue weighted by molar-refractivity contribution is 7.19. The van der Waals surface area contributed by atoms with E-state index in [4.69, 9.17) is 16.6 Å². The van der Waals surface area contributed by atoms with Crippen molar-refractivity contribution in [2.75, 3.05) is 13.1 Å². The van der Waals surface area contributed by atoms with Crippen LogP contribution in [0.3, 0.4) is 0 Å². The van der Waals surface area contributed by atoms with E-state index in [2.05, 4.69) is 10.6 Å². The molecule has 3 heterocycles. The number of carbonyl (C=O) groups excluding carboxylic acids is 1. The summed E-state index contributed by atoms with van der Waals surface area (Å²) in [6.07, 6.45) is 1.92. The molecule has 27 heavy (non-hydrogen) atoms. The number of nitrogens with zero attached hydrogens (tertiary/aromatic N) is 1. The molecule has 2 N–H and O–H groups in total. The highest BCUT2D eigenvalue weighted by Crippen LogP contribution is 2.32. The van der Waals surface area contributed by atoms with Crippen LogP contribution in [0.25, 0.3) is 21.5 Å². The van der Waals surface area contributed by atoms with Crippen LogP contribution >= 0.6 is 47.8 Å². The molecule has 1 amide bonds. The van der Waals surface area contributed by atoms with E-state index in [1.165, 1.54) is 11.3 Å². The molecule has 144 valence electrons. The van der Waals surface area contributed by atoms with E-state index in [0.717, 1.165) is 47.4 Å². The van der Waals surface area contributed by atoms with E-state index in [0.29, 0.717) is 9.90 Å². The maximum Gasteiger partial charge on any atom is 0.252 e. The number of halogens is 3. The Balaban J connectivity index is 0.00000131. The third kappa shape index (κ3) is 4.92. The van der Waals surface area contributed by atoms with Gasteiger partial charge in [0, 0.05) is 11.4 Å². The molecule has 0 radical (unpaired) electrons. The number of amides is 1. The van der Waals surface area contributed by atoms with Crippen LogP contribution in [0.2, 0.25) is 4.34 Å². The minimum atomic E-state index is -0.0330. The Morgan fingerprint density at radius 1 is 1.15 bits per heavy atom. The third-order valence-corrected chi connectivity index (χ3v) is 5.71. The molecular weight excluding hydrogens is 425 g/mol. The fourth-order valence-corrected chi connectivity index (χ4v) is 4.17. The highest BCUT2D eigenvalue weighted by Gasteiger charge is 2.19. The normalized spacial score (nSPS) is 14.3. The van der Waals surface area contributed by atoms with Crippen LogP contribution in [0.15, 0.2) is 42.5 Å². The molecule has 0 bridgehead atoms. The number of thiophene rings is 1. The maximum atomic E-state index is 12.9. The van der Waals surface area contributed by atoms with Crippen molar-refractivity contribution in [3.8, 4) is 10.6 Å². The molecule has 1 aliphatic rings. The second kappa shape index (κ2) is 9.71. The number of fused-ring (bicyclic) bond motifs is 1. The molecule has 4 rings (SSSR count). The maximum absolute atomic E-state index is 12.9. The van der Waals surface area contributed by atoms with Crippen LogP contribution in [0.5, 0.6) is 0 Å². The van der Waals surface area contributed by atoms with Gasteiger partial charge in [-0.2, -0.15) is 0 Å². The van der Waals surface area contributed by atoms with Crippen LogP contribution in [0, 0.1) is 0 Å². The van der Waals surface area contributed by atoms with Gasteiger partial charge in [0.1, 0.15) is 0 Å². The number of carbonyl (C=O) groups is 1. The number of hydrogen-bond donors (Lipinski definition) is 2. The molecule has 1 fully saturated rings. The second-order valence-corrected chi connectivity index (χ2v) is 7.89. The molecular formula is C19H20Cl3N3OS. The topological polar surface area (TPSA) is 54.0 Å². The summed E-state index contributed by atoms with van der Waals surface area (Å²) in [5.74, 6) is -0.0330. The van der Waals surface area contributed by atoms with E-state index < -0.39 is 0 Å². The smallest absolute Gasteiger partial charge is 0.252 e. The minimum Gasteiger partial charge on any atom is -0.349 e. The van der Waals surface area contributed by atoms with Gasteiger partial charge in [-0.1, -0.05) is 29.8 Å². The number of piperidine rings is 1. The van der Waals surface area contributed by atoms with E-state index >= 15 is 0 Å². The van der Waals surface area contributed by atoms with Gasteiger partial charge in [0.15, 0.2) is 0 Å². The largest absolute Gasteiger partial charge is 0.349 e. The Morgan fingerprint density at radius 2 is 1.89 bits per heavy atom. The first-order valence-electron chi connectivity index (χ1n) is 8.38. The Hall–Kier alpha value is -1.37. The van der Waals surface area contributed by atoms with Crippen molar-refractivity contribution in [1.82, 2.24) is 15.6 Å². The van der Waals surface area contributed by atoms with Gasteiger partial charge in [-0.05, 0) is 50.2 Å². The molecule has 0 unspecified atom stereocenters. The van der Waals surface area contributed by atoms with Crippen molar-refractivity contribution in [2.45, 2.75) is 18.9 Å². The molecule has 8 heteroatoms. The monoisotopic (exact) mass is 443 g/mol. The Kier molecular flexibility index (Phi) is 7.89. The van der Waals surface area contributed by atoms with Crippen LogP contribution in [0.1, 0.15) is 23.2 Å². The molecule has 2 aromatic heterocycles. The summed E-state index contributed by atoms with van der Waals surface area (Å²) < 4.78 is 0.714. The van der Waals surface area contributed by atoms with Gasteiger partial charge in [-0.3, -0.25) is 4.79 Å². The van der Waals surface area contributed by atoms with Crippen LogP contribution in [-0.4, -0.2) is 30.0 Å². The van der Waals surface area contributed by atoms with E-state index in [1.807, 2.05) is 42.5 Å². The number of nitrogens with one attached hydrogen (secondary N) is 2. The van der Waals surface area contributed by atoms with E-state index in [-0.39, 0.29) is 36.8 Å². The summed E-state index contributed by atoms with van der Waals surface area (Å²) in [6, 6.07) is 13.7. The summed E-state index contributed by atoms with van der Waals surface area (Å²) in [7, 11) is 0. The minimum absolute atomic E-state index is 0. The quantitative estimate of drug-likeness (QED) is 0.601. The lowest BCUT2D eigenvalue weighted by Crippen LogP contribution is -2.42. The molecule has 0 spiro atoms. The summed E-state index contributed by atoms with van der Waals surface area (Å²) in [4.78, 5) is 18.6. The van der Waals surface area contributed by atoms with Crippen molar-refractivity contribution in [2.24, 2.45) is 0 Å². The van der Waals surface area contributed by atoms with Crippen LogP contribution in [-0.2, 0) is 0 Å². The van der Waals surface area contributed by atoms with Crippen molar-refractivity contribution in [3.05, 3.63) is 52.4 Å². The van der Waals surface area contributed by atoms with Crippen molar-refractivity contribution in [3.63, 3.8) is 0 Å². The number of aromatic nitrogens is 1. The number of hydrogen-bond acceptors (Lipinski definition) is 4. The number of para-hydroxylation sites is 1. The Labute approximate surface area is 179 Å². The first kappa shape index (κ1) is 21.9. The molecule has 0 aliphatic carbocycles. The molecule has 4 nitrogen and oxygen atoms in total.